The Kier molecular flexibility index (Phi) is 12.7. The topological polar surface area (TPSA) is 224 Å². The Bertz CT molecular complexity index is 2930. The number of carboxylic acids is 1. The van der Waals surface area contributed by atoms with E-state index in [0.29, 0.717) is 47.7 Å². The molecule has 0 saturated heterocycles. The van der Waals surface area contributed by atoms with E-state index in [-0.39, 0.29) is 56.2 Å². The summed E-state index contributed by atoms with van der Waals surface area (Å²) in [5.41, 5.74) is 5.77. The number of hydrogen-bond donors (Lipinski definition) is 3. The Balaban J connectivity index is 1.12. The fourth-order valence-electron chi connectivity index (χ4n) is 6.26. The first-order chi connectivity index (χ1) is 29.8. The number of benzene rings is 4. The second-order valence-corrected chi connectivity index (χ2v) is 18.7. The molecular weight excluding hydrogens is 967 g/mol. The van der Waals surface area contributed by atoms with E-state index in [2.05, 4.69) is 26.0 Å². The molecule has 0 fully saturated rings. The summed E-state index contributed by atoms with van der Waals surface area (Å²) in [4.78, 5) is 60.8. The third kappa shape index (κ3) is 8.82. The van der Waals surface area contributed by atoms with E-state index in [1.807, 2.05) is 6.07 Å². The number of para-hydroxylation sites is 2. The number of aliphatic carboxylic acids is 1. The fourth-order valence-corrected chi connectivity index (χ4v) is 11.6. The maximum absolute atomic E-state index is 14.3. The minimum Gasteiger partial charge on any atom is -0.477 e. The van der Waals surface area contributed by atoms with E-state index in [9.17, 15) is 34.9 Å². The van der Waals surface area contributed by atoms with Gasteiger partial charge in [-0.15, -0.1) is 11.8 Å². The lowest BCUT2D eigenvalue weighted by atomic mass is 10.1. The highest BCUT2D eigenvalue weighted by atomic mass is 35.5. The molecule has 8 rings (SSSR count). The molecule has 0 spiro atoms. The zero-order valence-electron chi connectivity index (χ0n) is 30.8. The third-order valence-electron chi connectivity index (χ3n) is 9.11. The second-order valence-electron chi connectivity index (χ2n) is 12.9. The molecule has 24 heteroatoms. The first-order valence-corrected chi connectivity index (χ1v) is 22.6. The number of carbonyl (C=O) groups excluding carboxylic acids is 1. The summed E-state index contributed by atoms with van der Waals surface area (Å²) in [6.45, 7) is 0. The lowest BCUT2D eigenvalue weighted by Gasteiger charge is -2.24. The van der Waals surface area contributed by atoms with Gasteiger partial charge in [-0.3, -0.25) is 31.1 Å². The number of hydrazone groups is 2. The zero-order valence-corrected chi connectivity index (χ0v) is 37.0. The zero-order chi connectivity index (χ0) is 43.8. The molecule has 2 aromatic heterocycles. The molecular formula is C38H22Cl4N8O8S4. The molecule has 4 heterocycles. The molecule has 3 N–H and O–H groups in total. The van der Waals surface area contributed by atoms with Crippen molar-refractivity contribution < 1.29 is 29.3 Å². The molecule has 6 aromatic rings. The van der Waals surface area contributed by atoms with Gasteiger partial charge >= 0.3 is 11.9 Å². The highest BCUT2D eigenvalue weighted by Crippen LogP contribution is 2.55. The minimum absolute atomic E-state index is 0.0865. The van der Waals surface area contributed by atoms with Crippen molar-refractivity contribution in [2.45, 2.75) is 33.8 Å². The molecule has 0 bridgehead atoms. The first-order valence-electron chi connectivity index (χ1n) is 17.6. The van der Waals surface area contributed by atoms with Gasteiger partial charge in [0, 0.05) is 67.6 Å². The molecule has 2 aliphatic heterocycles. The largest absolute Gasteiger partial charge is 0.477 e. The number of esters is 1. The normalized spacial score (nSPS) is 14.2. The summed E-state index contributed by atoms with van der Waals surface area (Å²) < 4.78 is 6.12. The predicted octanol–water partition coefficient (Wildman–Crippen LogP) is 11.4. The van der Waals surface area contributed by atoms with Crippen LogP contribution in [-0.2, 0) is 32.9 Å². The number of nitrogens with zero attached hydrogens (tertiary/aromatic N) is 6. The van der Waals surface area contributed by atoms with Crippen molar-refractivity contribution in [1.29, 1.82) is 0 Å². The van der Waals surface area contributed by atoms with Crippen LogP contribution in [0.5, 0.6) is 0 Å². The number of nitrogens with one attached hydrogen (secondary N) is 2. The first kappa shape index (κ1) is 43.3. The Hall–Kier alpha value is -5.32. The van der Waals surface area contributed by atoms with Crippen LogP contribution in [0.2, 0.25) is 20.1 Å². The maximum atomic E-state index is 14.3. The van der Waals surface area contributed by atoms with Crippen molar-refractivity contribution in [3.63, 3.8) is 0 Å². The Morgan fingerprint density at radius 2 is 1.29 bits per heavy atom. The number of rotatable bonds is 13. The Morgan fingerprint density at radius 1 is 0.758 bits per heavy atom. The average Bonchev–Trinajstić information content (AvgIpc) is 3.89. The number of hydrogen-bond acceptors (Lipinski definition) is 17. The van der Waals surface area contributed by atoms with Gasteiger partial charge in [0.05, 0.1) is 46.2 Å². The number of carbonyl (C=O) groups is 2. The molecule has 16 nitrogen and oxygen atoms in total. The van der Waals surface area contributed by atoms with Gasteiger partial charge in [0.1, 0.15) is 5.71 Å². The molecule has 0 amide bonds. The molecule has 1 atom stereocenters. The summed E-state index contributed by atoms with van der Waals surface area (Å²) in [5, 5.41) is 43.6. The molecule has 314 valence electrons. The van der Waals surface area contributed by atoms with Crippen molar-refractivity contribution in [3.05, 3.63) is 134 Å². The van der Waals surface area contributed by atoms with Crippen molar-refractivity contribution >= 4 is 138 Å². The summed E-state index contributed by atoms with van der Waals surface area (Å²) in [7, 11) is 0. The van der Waals surface area contributed by atoms with E-state index < -0.39 is 32.9 Å². The van der Waals surface area contributed by atoms with Crippen LogP contribution >= 0.6 is 92.6 Å². The second kappa shape index (κ2) is 18.2. The van der Waals surface area contributed by atoms with E-state index in [4.69, 9.17) is 56.1 Å². The number of nitro groups is 2. The number of carboxylic acid groups (broad SMARTS) is 1. The van der Waals surface area contributed by atoms with Gasteiger partial charge in [-0.05, 0) is 12.1 Å². The molecule has 1 unspecified atom stereocenters. The van der Waals surface area contributed by atoms with Gasteiger partial charge < -0.3 is 9.84 Å². The number of thiazole rings is 2. The van der Waals surface area contributed by atoms with Crippen LogP contribution in [0.4, 0.5) is 21.6 Å². The van der Waals surface area contributed by atoms with E-state index in [1.165, 1.54) is 59.5 Å². The smallest absolute Gasteiger partial charge is 0.356 e. The van der Waals surface area contributed by atoms with Gasteiger partial charge in [0.25, 0.3) is 11.4 Å². The third-order valence-corrected chi connectivity index (χ3v) is 15.6. The summed E-state index contributed by atoms with van der Waals surface area (Å²) in [5.74, 6) is -1.83. The number of fused-ring (bicyclic) bond motifs is 6. The van der Waals surface area contributed by atoms with Crippen molar-refractivity contribution in [2.75, 3.05) is 10.9 Å². The number of nitro benzene ring substituents is 2. The minimum atomic E-state index is -1.43. The molecule has 0 radical (unpaired) electrons. The van der Waals surface area contributed by atoms with Crippen molar-refractivity contribution in [1.82, 2.24) is 9.97 Å². The van der Waals surface area contributed by atoms with Crippen LogP contribution in [0.25, 0.3) is 22.5 Å². The monoisotopic (exact) mass is 986 g/mol. The van der Waals surface area contributed by atoms with Gasteiger partial charge in [-0.1, -0.05) is 129 Å². The van der Waals surface area contributed by atoms with Crippen LogP contribution in [-0.4, -0.2) is 48.3 Å². The molecule has 0 aliphatic carbocycles. The van der Waals surface area contributed by atoms with Crippen LogP contribution in [0.3, 0.4) is 0 Å². The number of anilines is 2. The quantitative estimate of drug-likeness (QED) is 0.0424. The van der Waals surface area contributed by atoms with Gasteiger partial charge in [0.15, 0.2) is 11.1 Å². The molecule has 2 aliphatic rings. The fraction of sp³-hybridized carbons (Fsp3) is 0.105. The number of thioether (sulfide) groups is 2. The molecule has 4 aromatic carbocycles. The predicted molar refractivity (Wildman–Crippen MR) is 243 cm³/mol. The van der Waals surface area contributed by atoms with Crippen molar-refractivity contribution in [2.24, 2.45) is 10.2 Å². The summed E-state index contributed by atoms with van der Waals surface area (Å²) >= 11 is 30.7. The van der Waals surface area contributed by atoms with Crippen molar-refractivity contribution in [3.8, 4) is 22.5 Å². The average molecular weight is 989 g/mol. The van der Waals surface area contributed by atoms with Gasteiger partial charge in [-0.2, -0.15) is 10.2 Å². The highest BCUT2D eigenvalue weighted by Gasteiger charge is 2.36. The molecule has 0 saturated carbocycles. The summed E-state index contributed by atoms with van der Waals surface area (Å²) in [6.07, 6.45) is -0.706. The van der Waals surface area contributed by atoms with E-state index in [1.54, 1.807) is 30.3 Å². The number of aromatic nitrogens is 2. The van der Waals surface area contributed by atoms with E-state index >= 15 is 0 Å². The van der Waals surface area contributed by atoms with Crippen LogP contribution in [0.1, 0.15) is 26.3 Å². The highest BCUT2D eigenvalue weighted by molar-refractivity contribution is 8.00. The van der Waals surface area contributed by atoms with E-state index in [0.717, 1.165) is 38.4 Å². The standard InChI is InChI=1S/C38H22Cl4N8O8S4/c39-20-11-9-18-29-26(15-59-31(18)27(20)41)60-37(43-29)47-46-23(14-17-6-2-4-8-25(17)50(56)57)35(53)58-36-33-30(19-10-12-21(40)28(42)32(19)61-36)44-38(62-33)48-45-22(34(51)52)13-16-5-1-3-7-24(16)49(54)55/h1-12,36H,13-15H2,(H,43,47)(H,44,48)(H,51,52)/b45-22-,46-23+. The van der Waals surface area contributed by atoms with Crippen LogP contribution in [0.15, 0.2) is 92.8 Å². The summed E-state index contributed by atoms with van der Waals surface area (Å²) in [6, 6.07) is 18.4. The maximum Gasteiger partial charge on any atom is 0.356 e. The number of halogens is 4. The van der Waals surface area contributed by atoms with Gasteiger partial charge in [0.2, 0.25) is 10.3 Å². The number of ether oxygens (including phenoxy) is 1. The SMILES string of the molecule is O=C(O)/C(Cc1ccccc1[N+](=O)[O-])=N\Nc1nc2c(s1)C(OC(=O)/C(Cc1ccccc1[N+](=O)[O-])=N/Nc1nc3c(s1)CSc1c-3ccc(Cl)c1Cl)Sc1c-2ccc(Cl)c1Cl. The van der Waals surface area contributed by atoms with Gasteiger partial charge in [-0.25, -0.2) is 19.6 Å². The molecule has 62 heavy (non-hydrogen) atoms. The van der Waals surface area contributed by atoms with Crippen LogP contribution < -0.4 is 10.9 Å². The lowest BCUT2D eigenvalue weighted by molar-refractivity contribution is -0.385. The Labute approximate surface area is 385 Å². The van der Waals surface area contributed by atoms with Crippen LogP contribution in [0, 0.1) is 20.2 Å². The Morgan fingerprint density at radius 3 is 1.90 bits per heavy atom. The lowest BCUT2D eigenvalue weighted by Crippen LogP contribution is -2.23.